The number of nitrogens with zero attached hydrogens (tertiary/aromatic N) is 1. The van der Waals surface area contributed by atoms with Gasteiger partial charge in [0.15, 0.2) is 0 Å². The molecule has 3 aromatic rings. The minimum atomic E-state index is -0.218. The maximum Gasteiger partial charge on any atom is 0.145 e. The lowest BCUT2D eigenvalue weighted by molar-refractivity contribution is 0.131. The highest BCUT2D eigenvalue weighted by Gasteiger charge is 2.24. The zero-order valence-corrected chi connectivity index (χ0v) is 21.1. The van der Waals surface area contributed by atoms with Crippen molar-refractivity contribution in [2.45, 2.75) is 71.8 Å². The van der Waals surface area contributed by atoms with Gasteiger partial charge in [0.05, 0.1) is 5.56 Å². The predicted molar refractivity (Wildman–Crippen MR) is 135 cm³/mol. The van der Waals surface area contributed by atoms with Crippen LogP contribution in [0.15, 0.2) is 66.7 Å². The zero-order valence-electron chi connectivity index (χ0n) is 21.1. The van der Waals surface area contributed by atoms with E-state index in [1.165, 1.54) is 11.1 Å². The number of rotatable bonds is 5. The molecule has 0 aliphatic heterocycles. The molecule has 0 bridgehead atoms. The van der Waals surface area contributed by atoms with Crippen LogP contribution in [0.25, 0.3) is 0 Å². The first kappa shape index (κ1) is 24.4. The number of benzene rings is 3. The quantitative estimate of drug-likeness (QED) is 0.401. The van der Waals surface area contributed by atoms with E-state index in [0.29, 0.717) is 17.1 Å². The fraction of sp³-hybridized carbons (Fsp3) is 0.367. The maximum atomic E-state index is 9.51. The Balaban J connectivity index is 1.82. The summed E-state index contributed by atoms with van der Waals surface area (Å²) in [5, 5.41) is 9.51. The summed E-state index contributed by atoms with van der Waals surface area (Å²) >= 11 is 0. The number of nitriles is 1. The Kier molecular flexibility index (Phi) is 6.61. The van der Waals surface area contributed by atoms with Crippen molar-refractivity contribution in [2.75, 3.05) is 0 Å². The number of hydrogen-bond acceptors (Lipinski definition) is 3. The zero-order chi connectivity index (χ0) is 24.4. The molecule has 0 aromatic heterocycles. The third kappa shape index (κ3) is 5.96. The van der Waals surface area contributed by atoms with Crippen LogP contribution in [0.2, 0.25) is 0 Å². The monoisotopic (exact) mass is 441 g/mol. The van der Waals surface area contributed by atoms with Gasteiger partial charge in [0.1, 0.15) is 28.9 Å². The standard InChI is InChI=1S/C30H35NO2/c1-28(2,3)24-10-9-21(20-31)27(19-24)32-25-15-11-22(12-16-25)30(7,8)23-13-17-26(18-14-23)33-29(4,5)6/h9-19H,1-8H3. The molecule has 3 rings (SSSR count). The minimum absolute atomic E-state index is 0.0204. The second-order valence-corrected chi connectivity index (χ2v) is 11.1. The van der Waals surface area contributed by atoms with Crippen LogP contribution < -0.4 is 9.47 Å². The molecule has 172 valence electrons. The fourth-order valence-electron chi connectivity index (χ4n) is 3.69. The highest BCUT2D eigenvalue weighted by molar-refractivity contribution is 5.49. The normalized spacial score (nSPS) is 12.2. The Morgan fingerprint density at radius 3 is 1.58 bits per heavy atom. The van der Waals surface area contributed by atoms with Crippen molar-refractivity contribution in [1.82, 2.24) is 0 Å². The summed E-state index contributed by atoms with van der Waals surface area (Å²) in [6, 6.07) is 24.5. The lowest BCUT2D eigenvalue weighted by Gasteiger charge is -2.27. The van der Waals surface area contributed by atoms with Crippen LogP contribution in [0.3, 0.4) is 0 Å². The van der Waals surface area contributed by atoms with E-state index in [0.717, 1.165) is 11.3 Å². The van der Waals surface area contributed by atoms with Gasteiger partial charge < -0.3 is 9.47 Å². The third-order valence-electron chi connectivity index (χ3n) is 5.77. The molecule has 0 radical (unpaired) electrons. The van der Waals surface area contributed by atoms with Crippen molar-refractivity contribution in [3.63, 3.8) is 0 Å². The van der Waals surface area contributed by atoms with Gasteiger partial charge in [-0.3, -0.25) is 0 Å². The largest absolute Gasteiger partial charge is 0.488 e. The van der Waals surface area contributed by atoms with E-state index < -0.39 is 0 Å². The molecule has 33 heavy (non-hydrogen) atoms. The Bertz CT molecular complexity index is 1140. The summed E-state index contributed by atoms with van der Waals surface area (Å²) in [6.45, 7) is 17.0. The lowest BCUT2D eigenvalue weighted by atomic mass is 9.78. The van der Waals surface area contributed by atoms with Crippen LogP contribution in [0.4, 0.5) is 0 Å². The van der Waals surface area contributed by atoms with Gasteiger partial charge >= 0.3 is 0 Å². The van der Waals surface area contributed by atoms with Gasteiger partial charge in [0.2, 0.25) is 0 Å². The molecule has 3 nitrogen and oxygen atoms in total. The number of hydrogen-bond donors (Lipinski definition) is 0. The van der Waals surface area contributed by atoms with Crippen LogP contribution in [-0.4, -0.2) is 5.60 Å². The minimum Gasteiger partial charge on any atom is -0.488 e. The van der Waals surface area contributed by atoms with E-state index >= 15 is 0 Å². The topological polar surface area (TPSA) is 42.2 Å². The molecule has 0 saturated heterocycles. The SMILES string of the molecule is CC(C)(C)Oc1ccc(C(C)(C)c2ccc(Oc3cc(C(C)(C)C)ccc3C#N)cc2)cc1. The summed E-state index contributed by atoms with van der Waals surface area (Å²) in [5.74, 6) is 2.17. The van der Waals surface area contributed by atoms with Crippen molar-refractivity contribution in [3.8, 4) is 23.3 Å². The van der Waals surface area contributed by atoms with Crippen molar-refractivity contribution in [2.24, 2.45) is 0 Å². The van der Waals surface area contributed by atoms with Crippen molar-refractivity contribution >= 4 is 0 Å². The molecule has 0 saturated carbocycles. The molecule has 0 heterocycles. The summed E-state index contributed by atoms with van der Waals surface area (Å²) in [5.41, 5.74) is 3.64. The van der Waals surface area contributed by atoms with Crippen LogP contribution in [0.5, 0.6) is 17.2 Å². The Hall–Kier alpha value is -3.25. The van der Waals surface area contributed by atoms with Gasteiger partial charge in [-0.15, -0.1) is 0 Å². The summed E-state index contributed by atoms with van der Waals surface area (Å²) < 4.78 is 12.1. The van der Waals surface area contributed by atoms with Crippen molar-refractivity contribution in [1.29, 1.82) is 5.26 Å². The average Bonchev–Trinajstić information content (AvgIpc) is 2.73. The van der Waals surface area contributed by atoms with Gasteiger partial charge in [0, 0.05) is 5.41 Å². The molecule has 3 heteroatoms. The van der Waals surface area contributed by atoms with Gasteiger partial charge in [-0.25, -0.2) is 0 Å². The first-order chi connectivity index (χ1) is 15.3. The molecule has 0 spiro atoms. The summed E-state index contributed by atoms with van der Waals surface area (Å²) in [6.07, 6.45) is 0. The van der Waals surface area contributed by atoms with Gasteiger partial charge in [0.25, 0.3) is 0 Å². The van der Waals surface area contributed by atoms with E-state index in [1.807, 2.05) is 63.2 Å². The smallest absolute Gasteiger partial charge is 0.145 e. The lowest BCUT2D eigenvalue weighted by Crippen LogP contribution is -2.23. The van der Waals surface area contributed by atoms with Crippen LogP contribution >= 0.6 is 0 Å². The van der Waals surface area contributed by atoms with E-state index in [9.17, 15) is 5.26 Å². The molecular weight excluding hydrogens is 406 g/mol. The maximum absolute atomic E-state index is 9.51. The van der Waals surface area contributed by atoms with E-state index in [4.69, 9.17) is 9.47 Å². The third-order valence-corrected chi connectivity index (χ3v) is 5.77. The number of ether oxygens (including phenoxy) is 2. The van der Waals surface area contributed by atoms with Crippen LogP contribution in [-0.2, 0) is 10.8 Å². The van der Waals surface area contributed by atoms with Crippen LogP contribution in [0.1, 0.15) is 77.6 Å². The fourth-order valence-corrected chi connectivity index (χ4v) is 3.69. The van der Waals surface area contributed by atoms with E-state index in [1.54, 1.807) is 0 Å². The van der Waals surface area contributed by atoms with Gasteiger partial charge in [-0.1, -0.05) is 65.0 Å². The molecule has 0 fully saturated rings. The molecule has 0 atom stereocenters. The second-order valence-electron chi connectivity index (χ2n) is 11.1. The highest BCUT2D eigenvalue weighted by Crippen LogP contribution is 2.35. The average molecular weight is 442 g/mol. The second kappa shape index (κ2) is 8.94. The predicted octanol–water partition coefficient (Wildman–Crippen LogP) is 8.15. The molecule has 0 aliphatic rings. The Labute approximate surface area is 199 Å². The molecule has 0 N–H and O–H groups in total. The Morgan fingerprint density at radius 2 is 1.12 bits per heavy atom. The first-order valence-corrected chi connectivity index (χ1v) is 11.4. The van der Waals surface area contributed by atoms with Crippen molar-refractivity contribution < 1.29 is 9.47 Å². The van der Waals surface area contributed by atoms with E-state index in [-0.39, 0.29) is 16.4 Å². The summed E-state index contributed by atoms with van der Waals surface area (Å²) in [4.78, 5) is 0. The van der Waals surface area contributed by atoms with E-state index in [2.05, 4.69) is 65.0 Å². The van der Waals surface area contributed by atoms with Gasteiger partial charge in [-0.05, 0) is 79.3 Å². The highest BCUT2D eigenvalue weighted by atomic mass is 16.5. The molecule has 0 aliphatic carbocycles. The van der Waals surface area contributed by atoms with Crippen LogP contribution in [0, 0.1) is 11.3 Å². The summed E-state index contributed by atoms with van der Waals surface area (Å²) in [7, 11) is 0. The van der Waals surface area contributed by atoms with Gasteiger partial charge in [-0.2, -0.15) is 5.26 Å². The first-order valence-electron chi connectivity index (χ1n) is 11.4. The molecule has 0 unspecified atom stereocenters. The van der Waals surface area contributed by atoms with Crippen molar-refractivity contribution in [3.05, 3.63) is 89.0 Å². The Morgan fingerprint density at radius 1 is 0.636 bits per heavy atom. The molecule has 3 aromatic carbocycles. The molecule has 0 amide bonds. The molecular formula is C30H35NO2.